The van der Waals surface area contributed by atoms with Gasteiger partial charge in [0.15, 0.2) is 11.6 Å². The van der Waals surface area contributed by atoms with Gasteiger partial charge in [-0.1, -0.05) is 12.1 Å². The first-order valence-electron chi connectivity index (χ1n) is 5.47. The molecule has 0 fully saturated rings. The average molecular weight is 259 g/mol. The van der Waals surface area contributed by atoms with Crippen LogP contribution in [-0.4, -0.2) is 12.1 Å². The normalized spacial score (nSPS) is 10.8. The Morgan fingerprint density at radius 3 is 2.78 bits per heavy atom. The van der Waals surface area contributed by atoms with Crippen molar-refractivity contribution in [1.82, 2.24) is 4.98 Å². The van der Waals surface area contributed by atoms with Crippen LogP contribution in [0.2, 0.25) is 0 Å². The minimum Gasteiger partial charge on any atom is -0.494 e. The van der Waals surface area contributed by atoms with Crippen LogP contribution in [0.15, 0.2) is 42.5 Å². The molecule has 90 valence electrons. The SMILES string of the molecule is COc1cc(-c2nc3ccccc3s2)ccc1F. The van der Waals surface area contributed by atoms with Crippen LogP contribution in [-0.2, 0) is 0 Å². The molecular formula is C14H10FNOS. The fraction of sp³-hybridized carbons (Fsp3) is 0.0714. The van der Waals surface area contributed by atoms with Gasteiger partial charge < -0.3 is 4.74 Å². The van der Waals surface area contributed by atoms with E-state index < -0.39 is 0 Å². The topological polar surface area (TPSA) is 22.1 Å². The molecule has 18 heavy (non-hydrogen) atoms. The van der Waals surface area contributed by atoms with E-state index in [1.54, 1.807) is 23.5 Å². The van der Waals surface area contributed by atoms with Gasteiger partial charge in [0, 0.05) is 5.56 Å². The third-order valence-electron chi connectivity index (χ3n) is 2.69. The van der Waals surface area contributed by atoms with E-state index in [2.05, 4.69) is 4.98 Å². The van der Waals surface area contributed by atoms with Crippen molar-refractivity contribution in [3.05, 3.63) is 48.3 Å². The Bertz CT molecular complexity index is 675. The maximum atomic E-state index is 13.3. The number of rotatable bonds is 2. The summed E-state index contributed by atoms with van der Waals surface area (Å²) in [6.07, 6.45) is 0. The molecule has 0 aliphatic heterocycles. The summed E-state index contributed by atoms with van der Waals surface area (Å²) in [4.78, 5) is 4.53. The van der Waals surface area contributed by atoms with Crippen LogP contribution < -0.4 is 4.74 Å². The van der Waals surface area contributed by atoms with Crippen molar-refractivity contribution >= 4 is 21.6 Å². The zero-order chi connectivity index (χ0) is 12.5. The van der Waals surface area contributed by atoms with Crippen molar-refractivity contribution in [2.75, 3.05) is 7.11 Å². The summed E-state index contributed by atoms with van der Waals surface area (Å²) in [6, 6.07) is 12.7. The molecule has 1 heterocycles. The zero-order valence-corrected chi connectivity index (χ0v) is 10.5. The van der Waals surface area contributed by atoms with Gasteiger partial charge in [-0.05, 0) is 30.3 Å². The molecular weight excluding hydrogens is 249 g/mol. The molecule has 0 amide bonds. The smallest absolute Gasteiger partial charge is 0.165 e. The van der Waals surface area contributed by atoms with Crippen LogP contribution >= 0.6 is 11.3 Å². The number of nitrogens with zero attached hydrogens (tertiary/aromatic N) is 1. The molecule has 3 aromatic rings. The third kappa shape index (κ3) is 1.84. The summed E-state index contributed by atoms with van der Waals surface area (Å²) in [6.45, 7) is 0. The van der Waals surface area contributed by atoms with E-state index in [1.807, 2.05) is 24.3 Å². The second kappa shape index (κ2) is 4.38. The van der Waals surface area contributed by atoms with E-state index in [9.17, 15) is 4.39 Å². The molecule has 0 saturated carbocycles. The van der Waals surface area contributed by atoms with E-state index in [0.29, 0.717) is 0 Å². The van der Waals surface area contributed by atoms with Crippen molar-refractivity contribution in [3.63, 3.8) is 0 Å². The Kier molecular flexibility index (Phi) is 2.72. The van der Waals surface area contributed by atoms with Gasteiger partial charge in [0.05, 0.1) is 17.3 Å². The summed E-state index contributed by atoms with van der Waals surface area (Å²) in [7, 11) is 1.46. The van der Waals surface area contributed by atoms with Gasteiger partial charge in [-0.2, -0.15) is 0 Å². The van der Waals surface area contributed by atoms with Gasteiger partial charge in [0.25, 0.3) is 0 Å². The number of hydrogen-bond donors (Lipinski definition) is 0. The van der Waals surface area contributed by atoms with Crippen LogP contribution in [0.3, 0.4) is 0 Å². The molecule has 0 aliphatic rings. The number of hydrogen-bond acceptors (Lipinski definition) is 3. The van der Waals surface area contributed by atoms with Crippen molar-refractivity contribution in [1.29, 1.82) is 0 Å². The van der Waals surface area contributed by atoms with Crippen LogP contribution in [0.4, 0.5) is 4.39 Å². The summed E-state index contributed by atoms with van der Waals surface area (Å²) >= 11 is 1.59. The quantitative estimate of drug-likeness (QED) is 0.691. The summed E-state index contributed by atoms with van der Waals surface area (Å²) < 4.78 is 19.5. The lowest BCUT2D eigenvalue weighted by Gasteiger charge is -2.03. The number of halogens is 1. The molecule has 0 radical (unpaired) electrons. The highest BCUT2D eigenvalue weighted by Gasteiger charge is 2.09. The monoisotopic (exact) mass is 259 g/mol. The predicted octanol–water partition coefficient (Wildman–Crippen LogP) is 4.11. The second-order valence-electron chi connectivity index (χ2n) is 3.84. The van der Waals surface area contributed by atoms with E-state index in [0.717, 1.165) is 20.8 Å². The number of para-hydroxylation sites is 1. The van der Waals surface area contributed by atoms with Gasteiger partial charge in [0.2, 0.25) is 0 Å². The van der Waals surface area contributed by atoms with Gasteiger partial charge in [0.1, 0.15) is 5.01 Å². The van der Waals surface area contributed by atoms with Crippen molar-refractivity contribution in [2.45, 2.75) is 0 Å². The Morgan fingerprint density at radius 1 is 1.17 bits per heavy atom. The Morgan fingerprint density at radius 2 is 2.00 bits per heavy atom. The molecule has 4 heteroatoms. The standard InChI is InChI=1S/C14H10FNOS/c1-17-12-8-9(6-7-10(12)15)14-16-11-4-2-3-5-13(11)18-14/h2-8H,1H3. The highest BCUT2D eigenvalue weighted by Crippen LogP contribution is 2.32. The van der Waals surface area contributed by atoms with Crippen LogP contribution in [0.25, 0.3) is 20.8 Å². The van der Waals surface area contributed by atoms with E-state index in [1.165, 1.54) is 13.2 Å². The number of fused-ring (bicyclic) bond motifs is 1. The van der Waals surface area contributed by atoms with E-state index in [4.69, 9.17) is 4.74 Å². The first-order valence-corrected chi connectivity index (χ1v) is 6.29. The second-order valence-corrected chi connectivity index (χ2v) is 4.87. The van der Waals surface area contributed by atoms with Gasteiger partial charge in [-0.15, -0.1) is 11.3 Å². The minimum atomic E-state index is -0.359. The number of methoxy groups -OCH3 is 1. The maximum absolute atomic E-state index is 13.3. The number of thiazole rings is 1. The lowest BCUT2D eigenvalue weighted by atomic mass is 10.2. The first-order chi connectivity index (χ1) is 8.78. The maximum Gasteiger partial charge on any atom is 0.165 e. The summed E-state index contributed by atoms with van der Waals surface area (Å²) in [5.74, 6) is -0.117. The van der Waals surface area contributed by atoms with E-state index in [-0.39, 0.29) is 11.6 Å². The molecule has 2 nitrogen and oxygen atoms in total. The Balaban J connectivity index is 2.13. The molecule has 0 unspecified atom stereocenters. The Hall–Kier alpha value is -1.94. The third-order valence-corrected chi connectivity index (χ3v) is 3.78. The van der Waals surface area contributed by atoms with Crippen molar-refractivity contribution in [2.24, 2.45) is 0 Å². The molecule has 3 rings (SSSR count). The lowest BCUT2D eigenvalue weighted by molar-refractivity contribution is 0.387. The van der Waals surface area contributed by atoms with Crippen molar-refractivity contribution < 1.29 is 9.13 Å². The van der Waals surface area contributed by atoms with E-state index >= 15 is 0 Å². The highest BCUT2D eigenvalue weighted by molar-refractivity contribution is 7.21. The first kappa shape index (κ1) is 11.2. The van der Waals surface area contributed by atoms with Crippen molar-refractivity contribution in [3.8, 4) is 16.3 Å². The van der Waals surface area contributed by atoms with Gasteiger partial charge in [-0.3, -0.25) is 0 Å². The Labute approximate surface area is 108 Å². The highest BCUT2D eigenvalue weighted by atomic mass is 32.1. The summed E-state index contributed by atoms with van der Waals surface area (Å²) in [5.41, 5.74) is 1.83. The molecule has 0 saturated heterocycles. The average Bonchev–Trinajstić information content (AvgIpc) is 2.83. The molecule has 0 N–H and O–H groups in total. The largest absolute Gasteiger partial charge is 0.494 e. The molecule has 2 aromatic carbocycles. The number of ether oxygens (including phenoxy) is 1. The van der Waals surface area contributed by atoms with Gasteiger partial charge in [-0.25, -0.2) is 9.37 Å². The molecule has 0 bridgehead atoms. The summed E-state index contributed by atoms with van der Waals surface area (Å²) in [5, 5.41) is 0.870. The zero-order valence-electron chi connectivity index (χ0n) is 9.68. The number of benzene rings is 2. The fourth-order valence-corrected chi connectivity index (χ4v) is 2.75. The fourth-order valence-electron chi connectivity index (χ4n) is 1.79. The molecule has 0 atom stereocenters. The molecule has 1 aromatic heterocycles. The molecule has 0 aliphatic carbocycles. The molecule has 0 spiro atoms. The lowest BCUT2D eigenvalue weighted by Crippen LogP contribution is -1.88. The van der Waals surface area contributed by atoms with Gasteiger partial charge >= 0.3 is 0 Å². The van der Waals surface area contributed by atoms with Crippen LogP contribution in [0.1, 0.15) is 0 Å². The number of aromatic nitrogens is 1. The minimum absolute atomic E-state index is 0.242. The van der Waals surface area contributed by atoms with Crippen LogP contribution in [0.5, 0.6) is 5.75 Å². The van der Waals surface area contributed by atoms with Crippen LogP contribution in [0, 0.1) is 5.82 Å². The predicted molar refractivity (Wildman–Crippen MR) is 71.6 cm³/mol.